The lowest BCUT2D eigenvalue weighted by Gasteiger charge is -2.25. The van der Waals surface area contributed by atoms with Crippen molar-refractivity contribution in [2.75, 3.05) is 26.2 Å². The molecule has 0 saturated heterocycles. The standard InChI is InChI=1S/C21H19N3O6/c1-28-19(25)15-8-7-14(23-11-9-22-13-23)12-17(15)24-10-5-4-6-16(20(26)29-2)18(24)21(27)30-3/h4-13H,1-3H3. The molecule has 1 aliphatic rings. The van der Waals surface area contributed by atoms with Crippen molar-refractivity contribution in [3.05, 3.63) is 78.2 Å². The highest BCUT2D eigenvalue weighted by Crippen LogP contribution is 2.31. The maximum absolute atomic E-state index is 12.7. The van der Waals surface area contributed by atoms with Gasteiger partial charge in [-0.25, -0.2) is 19.4 Å². The number of carbonyl (C=O) groups excluding carboxylic acids is 3. The van der Waals surface area contributed by atoms with Gasteiger partial charge in [0.1, 0.15) is 5.70 Å². The van der Waals surface area contributed by atoms with Gasteiger partial charge < -0.3 is 23.7 Å². The van der Waals surface area contributed by atoms with Crippen molar-refractivity contribution in [3.8, 4) is 5.69 Å². The number of anilines is 1. The molecule has 1 aromatic carbocycles. The number of allylic oxidation sites excluding steroid dienone is 2. The van der Waals surface area contributed by atoms with Gasteiger partial charge in [0.05, 0.1) is 44.5 Å². The number of esters is 3. The minimum atomic E-state index is -0.782. The quantitative estimate of drug-likeness (QED) is 0.547. The number of carbonyl (C=O) groups is 3. The minimum absolute atomic E-state index is 0.0294. The lowest BCUT2D eigenvalue weighted by Crippen LogP contribution is -2.28. The summed E-state index contributed by atoms with van der Waals surface area (Å²) in [4.78, 5) is 42.9. The smallest absolute Gasteiger partial charge is 0.355 e. The fourth-order valence-corrected chi connectivity index (χ4v) is 2.93. The molecule has 0 radical (unpaired) electrons. The SMILES string of the molecule is COC(=O)C1=C(C(=O)OC)N(c2cc(-n3ccnc3)ccc2C(=O)OC)C=CC=C1. The fourth-order valence-electron chi connectivity index (χ4n) is 2.93. The topological polar surface area (TPSA) is 100.0 Å². The second kappa shape index (κ2) is 8.91. The summed E-state index contributed by atoms with van der Waals surface area (Å²) in [5, 5.41) is 0. The molecule has 9 heteroatoms. The molecule has 0 spiro atoms. The Balaban J connectivity index is 2.29. The van der Waals surface area contributed by atoms with E-state index in [2.05, 4.69) is 4.98 Å². The minimum Gasteiger partial charge on any atom is -0.465 e. The van der Waals surface area contributed by atoms with E-state index in [1.807, 2.05) is 0 Å². The Labute approximate surface area is 172 Å². The second-order valence-electron chi connectivity index (χ2n) is 5.98. The van der Waals surface area contributed by atoms with Crippen molar-refractivity contribution in [2.45, 2.75) is 0 Å². The molecule has 30 heavy (non-hydrogen) atoms. The predicted molar refractivity (Wildman–Crippen MR) is 107 cm³/mol. The first-order chi connectivity index (χ1) is 14.5. The van der Waals surface area contributed by atoms with Gasteiger partial charge in [0.2, 0.25) is 0 Å². The monoisotopic (exact) mass is 409 g/mol. The average molecular weight is 409 g/mol. The highest BCUT2D eigenvalue weighted by Gasteiger charge is 2.30. The van der Waals surface area contributed by atoms with Crippen LogP contribution in [0.4, 0.5) is 5.69 Å². The maximum Gasteiger partial charge on any atom is 0.355 e. The summed E-state index contributed by atoms with van der Waals surface area (Å²) >= 11 is 0. The van der Waals surface area contributed by atoms with Gasteiger partial charge in [-0.15, -0.1) is 0 Å². The van der Waals surface area contributed by atoms with Gasteiger partial charge in [0.15, 0.2) is 0 Å². The number of rotatable bonds is 5. The number of nitrogens with zero attached hydrogens (tertiary/aromatic N) is 3. The molecule has 2 heterocycles. The Bertz CT molecular complexity index is 1070. The van der Waals surface area contributed by atoms with Crippen molar-refractivity contribution in [1.29, 1.82) is 0 Å². The van der Waals surface area contributed by atoms with Gasteiger partial charge in [-0.1, -0.05) is 6.08 Å². The van der Waals surface area contributed by atoms with Crippen LogP contribution < -0.4 is 4.90 Å². The van der Waals surface area contributed by atoms with Crippen LogP contribution >= 0.6 is 0 Å². The van der Waals surface area contributed by atoms with Gasteiger partial charge in [-0.05, 0) is 30.4 Å². The van der Waals surface area contributed by atoms with Crippen LogP contribution in [0.2, 0.25) is 0 Å². The third-order valence-corrected chi connectivity index (χ3v) is 4.34. The molecule has 0 amide bonds. The van der Waals surface area contributed by atoms with Gasteiger partial charge in [-0.2, -0.15) is 0 Å². The summed E-state index contributed by atoms with van der Waals surface area (Å²) in [7, 11) is 3.66. The van der Waals surface area contributed by atoms with E-state index in [0.717, 1.165) is 0 Å². The molecule has 1 aliphatic heterocycles. The van der Waals surface area contributed by atoms with Crippen molar-refractivity contribution in [2.24, 2.45) is 0 Å². The zero-order chi connectivity index (χ0) is 21.7. The van der Waals surface area contributed by atoms with Crippen LogP contribution in [0, 0.1) is 0 Å². The Hall–Kier alpha value is -4.14. The van der Waals surface area contributed by atoms with Crippen LogP contribution in [0.25, 0.3) is 5.69 Å². The van der Waals surface area contributed by atoms with Gasteiger partial charge in [0.25, 0.3) is 0 Å². The lowest BCUT2D eigenvalue weighted by molar-refractivity contribution is -0.139. The van der Waals surface area contributed by atoms with Crippen LogP contribution in [0.5, 0.6) is 0 Å². The van der Waals surface area contributed by atoms with E-state index in [9.17, 15) is 14.4 Å². The summed E-state index contributed by atoms with van der Waals surface area (Å²) in [6, 6.07) is 4.94. The van der Waals surface area contributed by atoms with E-state index in [-0.39, 0.29) is 16.8 Å². The lowest BCUT2D eigenvalue weighted by atomic mass is 10.1. The van der Waals surface area contributed by atoms with E-state index in [4.69, 9.17) is 14.2 Å². The van der Waals surface area contributed by atoms with E-state index in [1.165, 1.54) is 38.5 Å². The van der Waals surface area contributed by atoms with Crippen LogP contribution in [0.3, 0.4) is 0 Å². The molecule has 0 saturated carbocycles. The van der Waals surface area contributed by atoms with E-state index >= 15 is 0 Å². The second-order valence-corrected chi connectivity index (χ2v) is 5.98. The summed E-state index contributed by atoms with van der Waals surface area (Å²) in [6.07, 6.45) is 11.1. The van der Waals surface area contributed by atoms with E-state index in [0.29, 0.717) is 11.4 Å². The zero-order valence-electron chi connectivity index (χ0n) is 16.6. The number of aromatic nitrogens is 2. The molecular formula is C21H19N3O6. The van der Waals surface area contributed by atoms with E-state index < -0.39 is 17.9 Å². The summed E-state index contributed by atoms with van der Waals surface area (Å²) in [6.45, 7) is 0. The van der Waals surface area contributed by atoms with Crippen molar-refractivity contribution >= 4 is 23.6 Å². The molecule has 0 fully saturated rings. The molecule has 0 bridgehead atoms. The third-order valence-electron chi connectivity index (χ3n) is 4.34. The average Bonchev–Trinajstić information content (AvgIpc) is 3.23. The molecule has 0 unspecified atom stereocenters. The molecule has 0 atom stereocenters. The Morgan fingerprint density at radius 2 is 1.67 bits per heavy atom. The van der Waals surface area contributed by atoms with Crippen molar-refractivity contribution in [1.82, 2.24) is 9.55 Å². The normalized spacial score (nSPS) is 13.1. The largest absolute Gasteiger partial charge is 0.465 e. The van der Waals surface area contributed by atoms with Crippen molar-refractivity contribution < 1.29 is 28.6 Å². The first kappa shape index (κ1) is 20.6. The molecule has 1 aromatic heterocycles. The van der Waals surface area contributed by atoms with Crippen molar-refractivity contribution in [3.63, 3.8) is 0 Å². The highest BCUT2D eigenvalue weighted by molar-refractivity contribution is 6.07. The number of benzene rings is 1. The maximum atomic E-state index is 12.7. The third kappa shape index (κ3) is 3.86. The zero-order valence-corrected chi connectivity index (χ0v) is 16.6. The van der Waals surface area contributed by atoms with Crippen LogP contribution in [0.15, 0.2) is 72.6 Å². The molecule has 154 valence electrons. The molecule has 0 N–H and O–H groups in total. The first-order valence-electron chi connectivity index (χ1n) is 8.77. The Morgan fingerprint density at radius 1 is 0.933 bits per heavy atom. The Kier molecular flexibility index (Phi) is 6.11. The molecule has 3 rings (SSSR count). The summed E-state index contributed by atoms with van der Waals surface area (Å²) in [5.74, 6) is -2.13. The van der Waals surface area contributed by atoms with Gasteiger partial charge in [0, 0.05) is 24.3 Å². The fraction of sp³-hybridized carbons (Fsp3) is 0.143. The summed E-state index contributed by atoms with van der Waals surface area (Å²) < 4.78 is 16.4. The molecule has 9 nitrogen and oxygen atoms in total. The Morgan fingerprint density at radius 3 is 2.30 bits per heavy atom. The van der Waals surface area contributed by atoms with Gasteiger partial charge in [-0.3, -0.25) is 0 Å². The van der Waals surface area contributed by atoms with Crippen LogP contribution in [-0.4, -0.2) is 48.8 Å². The molecule has 0 aliphatic carbocycles. The molecular weight excluding hydrogens is 390 g/mol. The number of imidazole rings is 1. The number of hydrogen-bond acceptors (Lipinski definition) is 8. The number of methoxy groups -OCH3 is 3. The number of ether oxygens (including phenoxy) is 3. The molecule has 2 aromatic rings. The van der Waals surface area contributed by atoms with Crippen LogP contribution in [0.1, 0.15) is 10.4 Å². The predicted octanol–water partition coefficient (Wildman–Crippen LogP) is 2.15. The van der Waals surface area contributed by atoms with E-state index in [1.54, 1.807) is 53.6 Å². The highest BCUT2D eigenvalue weighted by atomic mass is 16.5. The van der Waals surface area contributed by atoms with Gasteiger partial charge >= 0.3 is 17.9 Å². The van der Waals surface area contributed by atoms with Crippen LogP contribution in [-0.2, 0) is 23.8 Å². The first-order valence-corrected chi connectivity index (χ1v) is 8.77. The number of hydrogen-bond donors (Lipinski definition) is 0. The summed E-state index contributed by atoms with van der Waals surface area (Å²) in [5.41, 5.74) is 1.01.